The average molecular weight is 225 g/mol. The van der Waals surface area contributed by atoms with Crippen LogP contribution in [0.15, 0.2) is 36.4 Å². The molecule has 0 saturated carbocycles. The topological polar surface area (TPSA) is 26.3 Å². The minimum absolute atomic E-state index is 0.154. The van der Waals surface area contributed by atoms with Crippen molar-refractivity contribution < 1.29 is 9.53 Å². The molecule has 0 aliphatic heterocycles. The van der Waals surface area contributed by atoms with Gasteiger partial charge in [-0.1, -0.05) is 30.3 Å². The second kappa shape index (κ2) is 6.25. The van der Waals surface area contributed by atoms with Crippen molar-refractivity contribution in [3.8, 4) is 0 Å². The molecule has 1 rings (SSSR count). The van der Waals surface area contributed by atoms with Crippen molar-refractivity contribution >= 4 is 23.6 Å². The Bertz CT molecular complexity index is 331. The lowest BCUT2D eigenvalue weighted by molar-refractivity contribution is -0.137. The molecule has 1 unspecified atom stereocenters. The maximum absolute atomic E-state index is 11.2. The summed E-state index contributed by atoms with van der Waals surface area (Å²) in [5, 5.41) is -0.154. The van der Waals surface area contributed by atoms with Crippen molar-refractivity contribution in [2.45, 2.75) is 12.3 Å². The van der Waals surface area contributed by atoms with Crippen LogP contribution in [0, 0.1) is 0 Å². The molecule has 0 aliphatic rings. The van der Waals surface area contributed by atoms with E-state index in [2.05, 4.69) is 0 Å². The lowest BCUT2D eigenvalue weighted by Gasteiger charge is -2.02. The van der Waals surface area contributed by atoms with E-state index in [1.807, 2.05) is 30.3 Å². The highest BCUT2D eigenvalue weighted by molar-refractivity contribution is 6.20. The summed E-state index contributed by atoms with van der Waals surface area (Å²) in [6.07, 6.45) is 3.11. The lowest BCUT2D eigenvalue weighted by Crippen LogP contribution is -2.09. The molecule has 0 aromatic heterocycles. The van der Waals surface area contributed by atoms with Crippen molar-refractivity contribution in [2.24, 2.45) is 0 Å². The summed E-state index contributed by atoms with van der Waals surface area (Å²) in [5.41, 5.74) is 0.966. The van der Waals surface area contributed by atoms with Crippen LogP contribution in [0.5, 0.6) is 0 Å². The van der Waals surface area contributed by atoms with E-state index in [4.69, 9.17) is 16.3 Å². The first kappa shape index (κ1) is 11.8. The summed E-state index contributed by atoms with van der Waals surface area (Å²) in [7, 11) is 0. The first-order valence-electron chi connectivity index (χ1n) is 4.72. The number of ether oxygens (including phenoxy) is 1. The van der Waals surface area contributed by atoms with Gasteiger partial charge in [0.2, 0.25) is 0 Å². The van der Waals surface area contributed by atoms with Gasteiger partial charge in [0.05, 0.1) is 5.38 Å². The molecule has 80 valence electrons. The van der Waals surface area contributed by atoms with Gasteiger partial charge in [-0.2, -0.15) is 0 Å². The standard InChI is InChI=1S/C12H13ClO2/c1-10(13)9-15-12(14)8-7-11-5-3-2-4-6-11/h2-8,10H,9H2,1H3. The number of alkyl halides is 1. The third kappa shape index (κ3) is 5.23. The van der Waals surface area contributed by atoms with Gasteiger partial charge in [-0.3, -0.25) is 0 Å². The number of rotatable bonds is 4. The van der Waals surface area contributed by atoms with E-state index >= 15 is 0 Å². The monoisotopic (exact) mass is 224 g/mol. The van der Waals surface area contributed by atoms with Crippen molar-refractivity contribution in [2.75, 3.05) is 6.61 Å². The van der Waals surface area contributed by atoms with Crippen molar-refractivity contribution in [1.29, 1.82) is 0 Å². The zero-order valence-corrected chi connectivity index (χ0v) is 9.28. The number of hydrogen-bond acceptors (Lipinski definition) is 2. The number of hydrogen-bond donors (Lipinski definition) is 0. The molecule has 1 aromatic carbocycles. The van der Waals surface area contributed by atoms with E-state index < -0.39 is 0 Å². The molecule has 3 heteroatoms. The van der Waals surface area contributed by atoms with E-state index in [1.54, 1.807) is 13.0 Å². The molecule has 0 radical (unpaired) electrons. The largest absolute Gasteiger partial charge is 0.461 e. The van der Waals surface area contributed by atoms with E-state index in [9.17, 15) is 4.79 Å². The molecule has 2 nitrogen and oxygen atoms in total. The van der Waals surface area contributed by atoms with Crippen LogP contribution in [0.3, 0.4) is 0 Å². The molecule has 1 atom stereocenters. The van der Waals surface area contributed by atoms with Crippen LogP contribution in [0.4, 0.5) is 0 Å². The Labute approximate surface area is 94.5 Å². The smallest absolute Gasteiger partial charge is 0.330 e. The maximum Gasteiger partial charge on any atom is 0.330 e. The van der Waals surface area contributed by atoms with Gasteiger partial charge >= 0.3 is 5.97 Å². The van der Waals surface area contributed by atoms with Gasteiger partial charge < -0.3 is 4.74 Å². The maximum atomic E-state index is 11.2. The summed E-state index contributed by atoms with van der Waals surface area (Å²) in [4.78, 5) is 11.2. The molecular weight excluding hydrogens is 212 g/mol. The van der Waals surface area contributed by atoms with Gasteiger partial charge in [0.1, 0.15) is 6.61 Å². The van der Waals surface area contributed by atoms with Gasteiger partial charge in [-0.05, 0) is 18.6 Å². The van der Waals surface area contributed by atoms with Gasteiger partial charge in [0.15, 0.2) is 0 Å². The number of benzene rings is 1. The molecule has 0 bridgehead atoms. The van der Waals surface area contributed by atoms with Crippen LogP contribution in [-0.2, 0) is 9.53 Å². The molecular formula is C12H13ClO2. The first-order chi connectivity index (χ1) is 7.18. The van der Waals surface area contributed by atoms with Gasteiger partial charge in [-0.15, -0.1) is 11.6 Å². The van der Waals surface area contributed by atoms with Crippen LogP contribution < -0.4 is 0 Å². The fourth-order valence-corrected chi connectivity index (χ4v) is 1.04. The molecule has 0 heterocycles. The zero-order chi connectivity index (χ0) is 11.1. The Morgan fingerprint density at radius 3 is 2.73 bits per heavy atom. The fraction of sp³-hybridized carbons (Fsp3) is 0.250. The Morgan fingerprint density at radius 2 is 2.13 bits per heavy atom. The summed E-state index contributed by atoms with van der Waals surface area (Å²) in [5.74, 6) is -0.369. The van der Waals surface area contributed by atoms with Crippen molar-refractivity contribution in [1.82, 2.24) is 0 Å². The predicted octanol–water partition coefficient (Wildman–Crippen LogP) is 2.87. The minimum atomic E-state index is -0.369. The molecule has 0 N–H and O–H groups in total. The van der Waals surface area contributed by atoms with E-state index in [0.717, 1.165) is 5.56 Å². The average Bonchev–Trinajstić information content (AvgIpc) is 2.25. The van der Waals surface area contributed by atoms with E-state index in [-0.39, 0.29) is 18.0 Å². The highest BCUT2D eigenvalue weighted by atomic mass is 35.5. The summed E-state index contributed by atoms with van der Waals surface area (Å²) >= 11 is 5.64. The zero-order valence-electron chi connectivity index (χ0n) is 8.52. The van der Waals surface area contributed by atoms with Crippen LogP contribution in [-0.4, -0.2) is 18.0 Å². The number of esters is 1. The number of carbonyl (C=O) groups is 1. The highest BCUT2D eigenvalue weighted by Crippen LogP contribution is 2.01. The number of halogens is 1. The molecule has 0 fully saturated rings. The van der Waals surface area contributed by atoms with Gasteiger partial charge in [-0.25, -0.2) is 4.79 Å². The second-order valence-electron chi connectivity index (χ2n) is 3.15. The predicted molar refractivity (Wildman–Crippen MR) is 61.8 cm³/mol. The van der Waals surface area contributed by atoms with E-state index in [1.165, 1.54) is 6.08 Å². The molecule has 0 aliphatic carbocycles. The Morgan fingerprint density at radius 1 is 1.47 bits per heavy atom. The third-order valence-corrected chi connectivity index (χ3v) is 1.79. The molecule has 0 amide bonds. The molecule has 0 saturated heterocycles. The Hall–Kier alpha value is -1.28. The molecule has 0 spiro atoms. The molecule has 1 aromatic rings. The van der Waals surface area contributed by atoms with Gasteiger partial charge in [0, 0.05) is 6.08 Å². The first-order valence-corrected chi connectivity index (χ1v) is 5.16. The quantitative estimate of drug-likeness (QED) is 0.447. The van der Waals surface area contributed by atoms with Crippen LogP contribution in [0.1, 0.15) is 12.5 Å². The Kier molecular flexibility index (Phi) is 4.91. The van der Waals surface area contributed by atoms with Crippen molar-refractivity contribution in [3.63, 3.8) is 0 Å². The highest BCUT2D eigenvalue weighted by Gasteiger charge is 2.00. The minimum Gasteiger partial charge on any atom is -0.461 e. The SMILES string of the molecule is CC(Cl)COC(=O)C=Cc1ccccc1. The Balaban J connectivity index is 2.41. The summed E-state index contributed by atoms with van der Waals surface area (Å²) in [6, 6.07) is 9.56. The van der Waals surface area contributed by atoms with Crippen molar-refractivity contribution in [3.05, 3.63) is 42.0 Å². The summed E-state index contributed by atoms with van der Waals surface area (Å²) in [6.45, 7) is 2.01. The van der Waals surface area contributed by atoms with Crippen LogP contribution >= 0.6 is 11.6 Å². The normalized spacial score (nSPS) is 12.7. The molecule has 15 heavy (non-hydrogen) atoms. The second-order valence-corrected chi connectivity index (χ2v) is 3.90. The lowest BCUT2D eigenvalue weighted by atomic mass is 10.2. The summed E-state index contributed by atoms with van der Waals surface area (Å²) < 4.78 is 4.87. The third-order valence-electron chi connectivity index (χ3n) is 1.67. The van der Waals surface area contributed by atoms with Crippen LogP contribution in [0.25, 0.3) is 6.08 Å². The van der Waals surface area contributed by atoms with E-state index in [0.29, 0.717) is 0 Å². The fourth-order valence-electron chi connectivity index (χ4n) is 0.973. The van der Waals surface area contributed by atoms with Crippen LogP contribution in [0.2, 0.25) is 0 Å². The van der Waals surface area contributed by atoms with Gasteiger partial charge in [0.25, 0.3) is 0 Å². The number of carbonyl (C=O) groups excluding carboxylic acids is 1.